The number of esters is 3. The average Bonchev–Trinajstić information content (AvgIpc) is 3.27. The molecule has 0 saturated carbocycles. The van der Waals surface area contributed by atoms with Crippen LogP contribution in [0.4, 0.5) is 0 Å². The van der Waals surface area contributed by atoms with Gasteiger partial charge in [-0.1, -0.05) is 182 Å². The van der Waals surface area contributed by atoms with Crippen molar-refractivity contribution in [3.05, 3.63) is 109 Å². The van der Waals surface area contributed by atoms with Crippen LogP contribution < -0.4 is 0 Å². The number of hydrogen-bond donors (Lipinski definition) is 0. The number of carbonyl (C=O) groups is 3. The van der Waals surface area contributed by atoms with Gasteiger partial charge in [-0.25, -0.2) is 0 Å². The summed E-state index contributed by atoms with van der Waals surface area (Å²) in [6.45, 7) is 6.22. The second-order valence-electron chi connectivity index (χ2n) is 15.9. The molecule has 350 valence electrons. The highest BCUT2D eigenvalue weighted by Crippen LogP contribution is 2.13. The molecule has 0 rings (SSSR count). The molecule has 0 amide bonds. The van der Waals surface area contributed by atoms with Gasteiger partial charge in [0.1, 0.15) is 13.2 Å². The fraction of sp³-hybridized carbons (Fsp3) is 0.625. The molecule has 0 heterocycles. The van der Waals surface area contributed by atoms with Gasteiger partial charge in [-0.2, -0.15) is 0 Å². The van der Waals surface area contributed by atoms with Gasteiger partial charge in [-0.05, 0) is 116 Å². The van der Waals surface area contributed by atoms with Gasteiger partial charge in [0.2, 0.25) is 0 Å². The topological polar surface area (TPSA) is 78.9 Å². The minimum atomic E-state index is -0.807. The number of unbranched alkanes of at least 4 members (excludes halogenated alkanes) is 14. The smallest absolute Gasteiger partial charge is 0.306 e. The maximum absolute atomic E-state index is 12.8. The molecule has 1 atom stereocenters. The average molecular weight is 859 g/mol. The van der Waals surface area contributed by atoms with Crippen LogP contribution in [0, 0.1) is 0 Å². The lowest BCUT2D eigenvalue weighted by Gasteiger charge is -2.18. The van der Waals surface area contributed by atoms with E-state index >= 15 is 0 Å². The summed E-state index contributed by atoms with van der Waals surface area (Å²) in [6, 6.07) is 0. The Labute approximate surface area is 380 Å². The Morgan fingerprint density at radius 1 is 0.323 bits per heavy atom. The minimum absolute atomic E-state index is 0.105. The molecule has 0 N–H and O–H groups in total. The molecule has 0 aromatic heterocycles. The number of ether oxygens (including phenoxy) is 3. The van der Waals surface area contributed by atoms with Crippen LogP contribution in [0.2, 0.25) is 0 Å². The minimum Gasteiger partial charge on any atom is -0.462 e. The van der Waals surface area contributed by atoms with Crippen LogP contribution >= 0.6 is 0 Å². The lowest BCUT2D eigenvalue weighted by molar-refractivity contribution is -0.167. The first-order chi connectivity index (χ1) is 30.5. The summed E-state index contributed by atoms with van der Waals surface area (Å²) in [5.74, 6) is -0.978. The van der Waals surface area contributed by atoms with E-state index in [1.54, 1.807) is 0 Å². The molecule has 0 spiro atoms. The van der Waals surface area contributed by atoms with Gasteiger partial charge in [-0.3, -0.25) is 14.4 Å². The summed E-state index contributed by atoms with van der Waals surface area (Å²) >= 11 is 0. The van der Waals surface area contributed by atoms with Crippen molar-refractivity contribution in [2.75, 3.05) is 13.2 Å². The summed E-state index contributed by atoms with van der Waals surface area (Å²) in [5.41, 5.74) is 0. The first-order valence-corrected chi connectivity index (χ1v) is 24.9. The highest BCUT2D eigenvalue weighted by molar-refractivity contribution is 5.71. The van der Waals surface area contributed by atoms with Crippen LogP contribution in [0.15, 0.2) is 109 Å². The van der Waals surface area contributed by atoms with Gasteiger partial charge in [0.25, 0.3) is 0 Å². The highest BCUT2D eigenvalue weighted by Gasteiger charge is 2.19. The quantitative estimate of drug-likeness (QED) is 0.0263. The first-order valence-electron chi connectivity index (χ1n) is 24.9. The van der Waals surface area contributed by atoms with Gasteiger partial charge in [0, 0.05) is 19.3 Å². The molecule has 6 nitrogen and oxygen atoms in total. The molecule has 0 aliphatic heterocycles. The molecule has 0 radical (unpaired) electrons. The van der Waals surface area contributed by atoms with E-state index in [1.807, 2.05) is 0 Å². The van der Waals surface area contributed by atoms with E-state index in [0.717, 1.165) is 141 Å². The molecule has 6 heteroatoms. The van der Waals surface area contributed by atoms with Crippen LogP contribution in [0.3, 0.4) is 0 Å². The van der Waals surface area contributed by atoms with Crippen molar-refractivity contribution in [2.24, 2.45) is 0 Å². The number of hydrogen-bond acceptors (Lipinski definition) is 6. The SMILES string of the molecule is CC/C=C\C/C=C\C/C=C\CCCCCCCCC(=O)OCC(COC(=O)CCCC/C=C\C/C=C\C/C=C\CC)OC(=O)CCCCCCCC/C=C\C/C=C\C/C=C\CC. The normalized spacial score (nSPS) is 13.0. The maximum atomic E-state index is 12.8. The Kier molecular flexibility index (Phi) is 46.6. The van der Waals surface area contributed by atoms with Crippen LogP contribution in [-0.4, -0.2) is 37.2 Å². The van der Waals surface area contributed by atoms with E-state index in [9.17, 15) is 14.4 Å². The zero-order valence-electron chi connectivity index (χ0n) is 39.8. The highest BCUT2D eigenvalue weighted by atomic mass is 16.6. The van der Waals surface area contributed by atoms with Crippen molar-refractivity contribution < 1.29 is 28.6 Å². The molecular weight excluding hydrogens is 769 g/mol. The Morgan fingerprint density at radius 2 is 0.581 bits per heavy atom. The monoisotopic (exact) mass is 859 g/mol. The van der Waals surface area contributed by atoms with E-state index in [0.29, 0.717) is 19.3 Å². The third kappa shape index (κ3) is 47.1. The lowest BCUT2D eigenvalue weighted by Crippen LogP contribution is -2.30. The Hall–Kier alpha value is -3.93. The van der Waals surface area contributed by atoms with Crippen molar-refractivity contribution in [3.63, 3.8) is 0 Å². The van der Waals surface area contributed by atoms with Crippen LogP contribution in [-0.2, 0) is 28.6 Å². The summed E-state index contributed by atoms with van der Waals surface area (Å²) in [7, 11) is 0. The maximum Gasteiger partial charge on any atom is 0.306 e. The van der Waals surface area contributed by atoms with Crippen molar-refractivity contribution in [3.8, 4) is 0 Å². The molecular formula is C56H90O6. The molecule has 0 aromatic carbocycles. The Bertz CT molecular complexity index is 1310. The summed E-state index contributed by atoms with van der Waals surface area (Å²) in [4.78, 5) is 37.9. The third-order valence-electron chi connectivity index (χ3n) is 10.0. The predicted octanol–water partition coefficient (Wildman–Crippen LogP) is 16.4. The van der Waals surface area contributed by atoms with Gasteiger partial charge in [0.05, 0.1) is 0 Å². The molecule has 62 heavy (non-hydrogen) atoms. The molecule has 0 fully saturated rings. The fourth-order valence-electron chi connectivity index (χ4n) is 6.37. The fourth-order valence-corrected chi connectivity index (χ4v) is 6.37. The molecule has 0 aliphatic carbocycles. The Balaban J connectivity index is 4.48. The molecule has 1 unspecified atom stereocenters. The van der Waals surface area contributed by atoms with E-state index in [1.165, 1.54) is 25.7 Å². The van der Waals surface area contributed by atoms with E-state index in [4.69, 9.17) is 14.2 Å². The molecule has 0 saturated heterocycles. The van der Waals surface area contributed by atoms with Gasteiger partial charge in [0.15, 0.2) is 6.10 Å². The molecule has 0 aliphatic rings. The standard InChI is InChI=1S/C56H90O6/c1-4-7-10-13-16-19-22-25-27-29-31-34-37-40-43-46-49-55(58)61-52-53(51-60-54(57)48-45-42-39-36-33-24-21-18-15-12-9-6-3)62-56(59)50-47-44-41-38-35-32-30-28-26-23-20-17-14-11-8-5-2/h7-12,16-21,25-28,33,36,53H,4-6,13-15,22-24,29-32,34-35,37-52H2,1-3H3/b10-7-,11-8-,12-9-,19-16-,20-17-,21-18-,27-25-,28-26-,36-33-. The number of allylic oxidation sites excluding steroid dienone is 18. The summed E-state index contributed by atoms with van der Waals surface area (Å²) in [5, 5.41) is 0. The molecule has 0 bridgehead atoms. The van der Waals surface area contributed by atoms with Crippen LogP contribution in [0.5, 0.6) is 0 Å². The summed E-state index contributed by atoms with van der Waals surface area (Å²) in [6.07, 6.45) is 66.4. The Morgan fingerprint density at radius 3 is 0.935 bits per heavy atom. The van der Waals surface area contributed by atoms with Crippen molar-refractivity contribution in [2.45, 2.75) is 213 Å². The van der Waals surface area contributed by atoms with Crippen molar-refractivity contribution >= 4 is 17.9 Å². The van der Waals surface area contributed by atoms with Crippen molar-refractivity contribution in [1.29, 1.82) is 0 Å². The van der Waals surface area contributed by atoms with E-state index in [2.05, 4.69) is 130 Å². The zero-order chi connectivity index (χ0) is 45.1. The van der Waals surface area contributed by atoms with Crippen LogP contribution in [0.25, 0.3) is 0 Å². The first kappa shape index (κ1) is 58.1. The second-order valence-corrected chi connectivity index (χ2v) is 15.9. The number of carbonyl (C=O) groups excluding carboxylic acids is 3. The number of rotatable bonds is 43. The molecule has 0 aromatic rings. The lowest BCUT2D eigenvalue weighted by atomic mass is 10.1. The second kappa shape index (κ2) is 49.7. The predicted molar refractivity (Wildman–Crippen MR) is 265 cm³/mol. The van der Waals surface area contributed by atoms with Crippen molar-refractivity contribution in [1.82, 2.24) is 0 Å². The summed E-state index contributed by atoms with van der Waals surface area (Å²) < 4.78 is 16.7. The van der Waals surface area contributed by atoms with Gasteiger partial charge in [-0.15, -0.1) is 0 Å². The van der Waals surface area contributed by atoms with E-state index in [-0.39, 0.29) is 31.1 Å². The zero-order valence-corrected chi connectivity index (χ0v) is 39.8. The van der Waals surface area contributed by atoms with Gasteiger partial charge < -0.3 is 14.2 Å². The van der Waals surface area contributed by atoms with E-state index < -0.39 is 6.10 Å². The van der Waals surface area contributed by atoms with Gasteiger partial charge >= 0.3 is 17.9 Å². The van der Waals surface area contributed by atoms with Crippen LogP contribution in [0.1, 0.15) is 207 Å². The largest absolute Gasteiger partial charge is 0.462 e. The third-order valence-corrected chi connectivity index (χ3v) is 10.0.